The zero-order chi connectivity index (χ0) is 35.6. The monoisotopic (exact) mass is 504 g/mol. The lowest BCUT2D eigenvalue weighted by Crippen LogP contribution is -2.44. The molecule has 188 valence electrons. The van der Waals surface area contributed by atoms with Gasteiger partial charge in [0.2, 0.25) is 0 Å². The van der Waals surface area contributed by atoms with Crippen molar-refractivity contribution < 1.29 is 44.7 Å². The Morgan fingerprint density at radius 1 is 0.875 bits per heavy atom. The van der Waals surface area contributed by atoms with Crippen molar-refractivity contribution in [2.24, 2.45) is 10.8 Å². The molecule has 0 aliphatic heterocycles. The van der Waals surface area contributed by atoms with Gasteiger partial charge < -0.3 is 10.2 Å². The Labute approximate surface area is 216 Å². The van der Waals surface area contributed by atoms with Crippen LogP contribution >= 0.6 is 11.8 Å². The maximum atomic E-state index is 12.4. The summed E-state index contributed by atoms with van der Waals surface area (Å²) in [6, 6.07) is 0. The van der Waals surface area contributed by atoms with E-state index in [-0.39, 0.29) is 23.3 Å². The van der Waals surface area contributed by atoms with Crippen molar-refractivity contribution in [3.05, 3.63) is 0 Å². The van der Waals surface area contributed by atoms with Crippen LogP contribution in [0.15, 0.2) is 0 Å². The molecule has 0 saturated heterocycles. The van der Waals surface area contributed by atoms with Gasteiger partial charge in [0, 0.05) is 26.9 Å². The van der Waals surface area contributed by atoms with Gasteiger partial charge >= 0.3 is 11.9 Å². The van der Waals surface area contributed by atoms with Crippen LogP contribution in [-0.2, 0) is 19.4 Å². The van der Waals surface area contributed by atoms with Crippen LogP contribution in [0.2, 0.25) is 0 Å². The Morgan fingerprint density at radius 2 is 1.31 bits per heavy atom. The molecule has 0 aromatic rings. The van der Waals surface area contributed by atoms with Crippen molar-refractivity contribution in [3.63, 3.8) is 0 Å². The number of rotatable bonds is 6. The van der Waals surface area contributed by atoms with Crippen LogP contribution in [0.3, 0.4) is 0 Å². The van der Waals surface area contributed by atoms with Crippen molar-refractivity contribution in [1.29, 1.82) is 0 Å². The largest absolute Gasteiger partial charge is 0.481 e. The molecule has 2 aliphatic carbocycles. The molecule has 0 aromatic carbocycles. The van der Waals surface area contributed by atoms with Crippen molar-refractivity contribution >= 4 is 33.5 Å². The van der Waals surface area contributed by atoms with Crippen LogP contribution in [0, 0.1) is 10.8 Å². The first kappa shape index (κ1) is 15.3. The first-order valence-corrected chi connectivity index (χ1v) is 12.9. The summed E-state index contributed by atoms with van der Waals surface area (Å²) in [7, 11) is -4.07. The van der Waals surface area contributed by atoms with E-state index < -0.39 is 94.2 Å². The lowest BCUT2D eigenvalue weighted by molar-refractivity contribution is -0.150. The third-order valence-corrected chi connectivity index (χ3v) is 9.32. The van der Waals surface area contributed by atoms with E-state index in [4.69, 9.17) is 16.4 Å². The molecule has 2 rings (SSSR count). The molecule has 0 heterocycles. The molecule has 8 heteroatoms. The summed E-state index contributed by atoms with van der Waals surface area (Å²) >= 11 is 1.26. The molecule has 2 fully saturated rings. The van der Waals surface area contributed by atoms with Gasteiger partial charge in [-0.3, -0.25) is 9.59 Å². The fourth-order valence-electron chi connectivity index (χ4n) is 2.67. The number of hydrogen-bond donors (Lipinski definition) is 2. The summed E-state index contributed by atoms with van der Waals surface area (Å²) in [4.78, 5) is 23.6. The van der Waals surface area contributed by atoms with E-state index in [0.29, 0.717) is 0 Å². The molecular weight excluding hydrogens is 448 g/mol. The van der Waals surface area contributed by atoms with E-state index in [1.807, 2.05) is 20.8 Å². The minimum atomic E-state index is -4.07. The van der Waals surface area contributed by atoms with Gasteiger partial charge in [-0.05, 0) is 46.4 Å². The molecule has 2 saturated carbocycles. The predicted molar refractivity (Wildman–Crippen MR) is 132 cm³/mol. The van der Waals surface area contributed by atoms with Crippen molar-refractivity contribution in [2.45, 2.75) is 115 Å². The van der Waals surface area contributed by atoms with Gasteiger partial charge in [-0.2, -0.15) is 11.8 Å². The lowest BCUT2D eigenvalue weighted by Gasteiger charge is -2.35. The smallest absolute Gasteiger partial charge is 0.310 e. The zero-order valence-corrected chi connectivity index (χ0v) is 21.2. The maximum Gasteiger partial charge on any atom is 0.310 e. The van der Waals surface area contributed by atoms with Crippen molar-refractivity contribution in [1.82, 2.24) is 0 Å². The van der Waals surface area contributed by atoms with Crippen molar-refractivity contribution in [3.8, 4) is 0 Å². The first-order valence-electron chi connectivity index (χ1n) is 16.3. The highest BCUT2D eigenvalue weighted by Crippen LogP contribution is 2.42. The Morgan fingerprint density at radius 3 is 1.72 bits per heavy atom. The minimum absolute atomic E-state index is 0.0889. The predicted octanol–water partition coefficient (Wildman–Crippen LogP) is 5.79. The molecule has 6 nitrogen and oxygen atoms in total. The number of carboxylic acid groups (broad SMARTS) is 2. The fourth-order valence-corrected chi connectivity index (χ4v) is 5.11. The Hall–Kier alpha value is -0.760. The topological polar surface area (TPSA) is 109 Å². The van der Waals surface area contributed by atoms with E-state index in [0.717, 1.165) is 0 Å². The number of thioether (sulfide) groups is 1. The molecule has 2 atom stereocenters. The Bertz CT molecular complexity index is 1220. The van der Waals surface area contributed by atoms with Crippen LogP contribution in [-0.4, -0.2) is 51.6 Å². The second-order valence-electron chi connectivity index (χ2n) is 9.90. The maximum absolute atomic E-state index is 12.4. The third kappa shape index (κ3) is 8.23. The van der Waals surface area contributed by atoms with Crippen LogP contribution in [0.25, 0.3) is 0 Å². The van der Waals surface area contributed by atoms with E-state index in [9.17, 15) is 28.2 Å². The van der Waals surface area contributed by atoms with Gasteiger partial charge in [0.25, 0.3) is 0 Å². The standard InChI is InChI=1S/C12H22O4S.C12H22O2S/c1-11(2,3)17(15,16)9-12(10(13)14)7-5-4-6-8-12;1-11(2,3)15-9-12(10(13)14)7-5-4-6-8-12/h4-9H2,1-3H3,(H,13,14);4-9H2,1-3H3,(H,13,14)/i2*4D2,5D2,7D2. The van der Waals surface area contributed by atoms with E-state index in [1.54, 1.807) is 0 Å². The molecule has 0 aromatic heterocycles. The quantitative estimate of drug-likeness (QED) is 0.471. The van der Waals surface area contributed by atoms with E-state index in [2.05, 4.69) is 0 Å². The van der Waals surface area contributed by atoms with Gasteiger partial charge in [-0.15, -0.1) is 0 Å². The molecule has 0 radical (unpaired) electrons. The Balaban J connectivity index is 0.000000442. The number of aliphatic carboxylic acids is 2. The molecule has 2 aliphatic rings. The number of sulfone groups is 1. The van der Waals surface area contributed by atoms with E-state index in [1.165, 1.54) is 32.5 Å². The Kier molecular flexibility index (Phi) is 5.30. The van der Waals surface area contributed by atoms with Gasteiger partial charge in [0.05, 0.1) is 21.3 Å². The number of carboxylic acids is 2. The van der Waals surface area contributed by atoms with Crippen LogP contribution < -0.4 is 0 Å². The van der Waals surface area contributed by atoms with Crippen LogP contribution in [0.5, 0.6) is 0 Å². The van der Waals surface area contributed by atoms with Gasteiger partial charge in [0.15, 0.2) is 9.84 Å². The molecule has 0 amide bonds. The molecule has 32 heavy (non-hydrogen) atoms. The zero-order valence-electron chi connectivity index (χ0n) is 31.6. The normalized spacial score (nSPS) is 42.2. The highest BCUT2D eigenvalue weighted by atomic mass is 32.2. The molecular formula is C24H44O6S2. The van der Waals surface area contributed by atoms with Crippen molar-refractivity contribution in [2.75, 3.05) is 11.5 Å². The SMILES string of the molecule is [2H]C1([2H])CCC(CS(=O)(=O)C(C)(C)C)(C(=O)O)C([2H])([2H])C1([2H])[2H].[2H]C1([2H])CCC(CSC(C)(C)C)(C(=O)O)C([2H])([2H])C1([2H])[2H]. The number of hydrogen-bond acceptors (Lipinski definition) is 5. The fraction of sp³-hybridized carbons (Fsp3) is 0.917. The number of carbonyl (C=O) groups is 2. The summed E-state index contributed by atoms with van der Waals surface area (Å²) in [6.45, 7) is 9.68. The minimum Gasteiger partial charge on any atom is -0.481 e. The van der Waals surface area contributed by atoms with Gasteiger partial charge in [-0.1, -0.05) is 59.1 Å². The average Bonchev–Trinajstić information content (AvgIpc) is 2.78. The average molecular weight is 505 g/mol. The second-order valence-corrected chi connectivity index (χ2v) is 14.4. The lowest BCUT2D eigenvalue weighted by atomic mass is 9.76. The summed E-state index contributed by atoms with van der Waals surface area (Å²) in [5.41, 5.74) is -4.48. The first-order chi connectivity index (χ1) is 19.0. The summed E-state index contributed by atoms with van der Waals surface area (Å²) < 4.78 is 118. The molecule has 2 N–H and O–H groups in total. The van der Waals surface area contributed by atoms with Crippen LogP contribution in [0.1, 0.15) is 122 Å². The third-order valence-electron chi connectivity index (χ3n) is 5.07. The molecule has 2 unspecified atom stereocenters. The van der Waals surface area contributed by atoms with E-state index >= 15 is 0 Å². The highest BCUT2D eigenvalue weighted by Gasteiger charge is 2.46. The van der Waals surface area contributed by atoms with Crippen LogP contribution in [0.4, 0.5) is 0 Å². The summed E-state index contributed by atoms with van der Waals surface area (Å²) in [5, 5.41) is 19.1. The van der Waals surface area contributed by atoms with Gasteiger partial charge in [-0.25, -0.2) is 8.42 Å². The molecule has 0 bridgehead atoms. The summed E-state index contributed by atoms with van der Waals surface area (Å²) in [5.74, 6) is -4.34. The summed E-state index contributed by atoms with van der Waals surface area (Å²) in [6.07, 6.45) is -18.7. The van der Waals surface area contributed by atoms with Gasteiger partial charge in [0.1, 0.15) is 0 Å². The highest BCUT2D eigenvalue weighted by molar-refractivity contribution is 8.00. The second kappa shape index (κ2) is 11.1. The molecule has 0 spiro atoms.